The van der Waals surface area contributed by atoms with Crippen molar-refractivity contribution < 1.29 is 43.7 Å². The van der Waals surface area contributed by atoms with Crippen molar-refractivity contribution in [2.45, 2.75) is 13.8 Å². The molecule has 0 aromatic carbocycles. The van der Waals surface area contributed by atoms with E-state index in [1.807, 2.05) is 0 Å². The Labute approximate surface area is 92.7 Å². The van der Waals surface area contributed by atoms with Gasteiger partial charge in [0.15, 0.2) is 0 Å². The maximum atomic E-state index is 3.64. The van der Waals surface area contributed by atoms with Crippen LogP contribution in [0.25, 0.3) is 0 Å². The van der Waals surface area contributed by atoms with Crippen LogP contribution < -0.4 is 43.7 Å². The molecule has 0 atom stereocenters. The van der Waals surface area contributed by atoms with Gasteiger partial charge in [-0.2, -0.15) is 5.92 Å². The van der Waals surface area contributed by atoms with Crippen LogP contribution in [0.4, 0.5) is 0 Å². The summed E-state index contributed by atoms with van der Waals surface area (Å²) in [5.41, 5.74) is 0. The Morgan fingerprint density at radius 3 is 1.12 bits per heavy atom. The quantitative estimate of drug-likeness (QED) is 0.243. The van der Waals surface area contributed by atoms with Crippen LogP contribution >= 0.6 is 0 Å². The molecular formula is C4H9Cl2LiMg. The fourth-order valence-electron chi connectivity index (χ4n) is 0. The van der Waals surface area contributed by atoms with E-state index in [0.29, 0.717) is 5.92 Å². The molecule has 0 heterocycles. The fraction of sp³-hybridized carbons (Fsp3) is 0.750. The number of hydrogen-bond donors (Lipinski definition) is 0. The summed E-state index contributed by atoms with van der Waals surface area (Å²) >= 11 is 0. The van der Waals surface area contributed by atoms with Crippen LogP contribution in [0.1, 0.15) is 13.8 Å². The first-order chi connectivity index (χ1) is 1.73. The van der Waals surface area contributed by atoms with Crippen molar-refractivity contribution in [3.05, 3.63) is 6.92 Å². The Morgan fingerprint density at radius 1 is 1.12 bits per heavy atom. The van der Waals surface area contributed by atoms with E-state index in [1.165, 1.54) is 0 Å². The molecule has 0 rings (SSSR count). The van der Waals surface area contributed by atoms with Gasteiger partial charge in [0.2, 0.25) is 0 Å². The van der Waals surface area contributed by atoms with E-state index in [1.54, 1.807) is 0 Å². The number of halogens is 2. The molecule has 0 spiro atoms. The van der Waals surface area contributed by atoms with E-state index < -0.39 is 0 Å². The van der Waals surface area contributed by atoms with Crippen LogP contribution in [-0.2, 0) is 0 Å². The molecule has 0 saturated heterocycles. The van der Waals surface area contributed by atoms with Gasteiger partial charge in [0.25, 0.3) is 0 Å². The molecule has 8 heavy (non-hydrogen) atoms. The second-order valence-corrected chi connectivity index (χ2v) is 1.39. The molecule has 0 amide bonds. The van der Waals surface area contributed by atoms with Gasteiger partial charge in [-0.05, 0) is 0 Å². The Hall–Kier alpha value is 1.94. The van der Waals surface area contributed by atoms with Crippen molar-refractivity contribution in [1.82, 2.24) is 0 Å². The van der Waals surface area contributed by atoms with Gasteiger partial charge in [-0.25, -0.2) is 0 Å². The first-order valence-electron chi connectivity index (χ1n) is 1.56. The van der Waals surface area contributed by atoms with Crippen molar-refractivity contribution in [3.8, 4) is 0 Å². The average molecular weight is 159 g/mol. The van der Waals surface area contributed by atoms with Gasteiger partial charge in [0.05, 0.1) is 0 Å². The molecule has 0 bridgehead atoms. The third kappa shape index (κ3) is 101. The van der Waals surface area contributed by atoms with Gasteiger partial charge in [-0.15, -0.1) is 0 Å². The number of rotatable bonds is 0. The maximum absolute atomic E-state index is 3.64. The topological polar surface area (TPSA) is 0 Å². The van der Waals surface area contributed by atoms with E-state index >= 15 is 0 Å². The largest absolute Gasteiger partial charge is 2.00 e. The van der Waals surface area contributed by atoms with E-state index in [0.717, 1.165) is 0 Å². The van der Waals surface area contributed by atoms with Crippen LogP contribution in [0.2, 0.25) is 0 Å². The van der Waals surface area contributed by atoms with Crippen LogP contribution in [0.15, 0.2) is 0 Å². The average Bonchev–Trinajstić information content (AvgIpc) is 0.811. The standard InChI is InChI=1S/C4H9.2ClH.Li.Mg/c1-4(2)3;;;;/h4H,1H2,2-3H3;2*1H;;/q-1;;;+1;+2/p-2. The third-order valence-electron chi connectivity index (χ3n) is 0. The molecule has 0 radical (unpaired) electrons. The molecule has 0 unspecified atom stereocenters. The van der Waals surface area contributed by atoms with E-state index in [2.05, 4.69) is 20.8 Å². The van der Waals surface area contributed by atoms with Crippen molar-refractivity contribution in [2.75, 3.05) is 0 Å². The van der Waals surface area contributed by atoms with E-state index in [9.17, 15) is 0 Å². The minimum atomic E-state index is 0. The summed E-state index contributed by atoms with van der Waals surface area (Å²) in [6.45, 7) is 7.75. The normalized spacial score (nSPS) is 4.50. The molecule has 0 nitrogen and oxygen atoms in total. The molecule has 0 aromatic rings. The minimum absolute atomic E-state index is 0. The van der Waals surface area contributed by atoms with Gasteiger partial charge in [0.1, 0.15) is 0 Å². The second kappa shape index (κ2) is 23.1. The van der Waals surface area contributed by atoms with Gasteiger partial charge in [0, 0.05) is 0 Å². The zero-order valence-corrected chi connectivity index (χ0v) is 8.67. The van der Waals surface area contributed by atoms with Gasteiger partial charge in [-0.1, -0.05) is 13.8 Å². The molecule has 0 fully saturated rings. The van der Waals surface area contributed by atoms with E-state index in [4.69, 9.17) is 0 Å². The first kappa shape index (κ1) is 32.5. The second-order valence-electron chi connectivity index (χ2n) is 1.39. The van der Waals surface area contributed by atoms with Crippen LogP contribution in [-0.4, -0.2) is 23.1 Å². The zero-order chi connectivity index (χ0) is 3.58. The molecule has 0 saturated carbocycles. The van der Waals surface area contributed by atoms with Crippen LogP contribution in [0.3, 0.4) is 0 Å². The van der Waals surface area contributed by atoms with Crippen molar-refractivity contribution >= 4 is 23.1 Å². The summed E-state index contributed by atoms with van der Waals surface area (Å²) < 4.78 is 0. The molecule has 4 heteroatoms. The van der Waals surface area contributed by atoms with Crippen LogP contribution in [0.5, 0.6) is 0 Å². The molecule has 42 valence electrons. The molecule has 0 aliphatic rings. The minimum Gasteiger partial charge on any atom is -1.00 e. The Kier molecular flexibility index (Phi) is 93.9. The van der Waals surface area contributed by atoms with Crippen molar-refractivity contribution in [2.24, 2.45) is 5.92 Å². The Bertz CT molecular complexity index is 18.8. The van der Waals surface area contributed by atoms with Crippen LogP contribution in [0, 0.1) is 12.8 Å². The molecule has 0 aliphatic heterocycles. The Morgan fingerprint density at radius 2 is 1.12 bits per heavy atom. The smallest absolute Gasteiger partial charge is 1.00 e. The first-order valence-corrected chi connectivity index (χ1v) is 1.56. The summed E-state index contributed by atoms with van der Waals surface area (Å²) in [6, 6.07) is 0. The Balaban J connectivity index is -0.00000000750. The van der Waals surface area contributed by atoms with Crippen molar-refractivity contribution in [3.63, 3.8) is 0 Å². The molecule has 0 N–H and O–H groups in total. The van der Waals surface area contributed by atoms with Gasteiger partial charge >= 0.3 is 41.9 Å². The zero-order valence-electron chi connectivity index (χ0n) is 5.75. The monoisotopic (exact) mass is 158 g/mol. The summed E-state index contributed by atoms with van der Waals surface area (Å²) in [6.07, 6.45) is 0. The van der Waals surface area contributed by atoms with Gasteiger partial charge < -0.3 is 31.7 Å². The fourth-order valence-corrected chi connectivity index (χ4v) is 0. The number of hydrogen-bond acceptors (Lipinski definition) is 0. The molecule has 0 aromatic heterocycles. The predicted molar refractivity (Wildman–Crippen MR) is 25.9 cm³/mol. The molecule has 0 aliphatic carbocycles. The summed E-state index contributed by atoms with van der Waals surface area (Å²) in [5.74, 6) is 0.583. The molecular weight excluding hydrogens is 150 g/mol. The third-order valence-corrected chi connectivity index (χ3v) is 0. The SMILES string of the molecule is [CH2-]C(C)C.[Cl-].[Cl-].[Li+].[Mg+2]. The summed E-state index contributed by atoms with van der Waals surface area (Å²) in [7, 11) is 0. The van der Waals surface area contributed by atoms with E-state index in [-0.39, 0.29) is 66.7 Å². The summed E-state index contributed by atoms with van der Waals surface area (Å²) in [5, 5.41) is 0. The maximum Gasteiger partial charge on any atom is 2.00 e. The predicted octanol–water partition coefficient (Wildman–Crippen LogP) is -7.89. The summed E-state index contributed by atoms with van der Waals surface area (Å²) in [4.78, 5) is 0. The van der Waals surface area contributed by atoms with Crippen molar-refractivity contribution in [1.29, 1.82) is 0 Å². The van der Waals surface area contributed by atoms with Gasteiger partial charge in [-0.3, -0.25) is 0 Å².